The molecule has 1 saturated heterocycles. The molecule has 0 spiro atoms. The monoisotopic (exact) mass is 259 g/mol. The SMILES string of the molecule is COCCOCCOCCN1CCC(C=O)CC1. The highest BCUT2D eigenvalue weighted by atomic mass is 16.5. The highest BCUT2D eigenvalue weighted by Crippen LogP contribution is 2.14. The molecule has 0 atom stereocenters. The second kappa shape index (κ2) is 10.4. The van der Waals surface area contributed by atoms with E-state index in [0.29, 0.717) is 26.4 Å². The Morgan fingerprint density at radius 1 is 1.06 bits per heavy atom. The Balaban J connectivity index is 1.85. The average Bonchev–Trinajstić information content (AvgIpc) is 2.42. The molecule has 1 aliphatic rings. The number of nitrogens with zero attached hydrogens (tertiary/aromatic N) is 1. The summed E-state index contributed by atoms with van der Waals surface area (Å²) < 4.78 is 15.7. The third kappa shape index (κ3) is 7.06. The first-order valence-electron chi connectivity index (χ1n) is 6.69. The van der Waals surface area contributed by atoms with E-state index >= 15 is 0 Å². The number of carbonyl (C=O) groups is 1. The largest absolute Gasteiger partial charge is 0.382 e. The Bertz CT molecular complexity index is 205. The van der Waals surface area contributed by atoms with Crippen molar-refractivity contribution in [2.75, 3.05) is 59.8 Å². The fourth-order valence-corrected chi connectivity index (χ4v) is 1.97. The number of ether oxygens (including phenoxy) is 3. The molecule has 0 radical (unpaired) electrons. The van der Waals surface area contributed by atoms with Gasteiger partial charge in [-0.05, 0) is 25.9 Å². The van der Waals surface area contributed by atoms with Gasteiger partial charge in [-0.15, -0.1) is 0 Å². The van der Waals surface area contributed by atoms with Gasteiger partial charge in [-0.25, -0.2) is 0 Å². The van der Waals surface area contributed by atoms with Crippen LogP contribution in [0.2, 0.25) is 0 Å². The van der Waals surface area contributed by atoms with Crippen LogP contribution in [0.15, 0.2) is 0 Å². The lowest BCUT2D eigenvalue weighted by atomic mass is 9.99. The number of likely N-dealkylation sites (tertiary alicyclic amines) is 1. The van der Waals surface area contributed by atoms with Crippen molar-refractivity contribution in [3.63, 3.8) is 0 Å². The number of rotatable bonds is 10. The van der Waals surface area contributed by atoms with Crippen molar-refractivity contribution in [2.24, 2.45) is 5.92 Å². The fraction of sp³-hybridized carbons (Fsp3) is 0.923. The van der Waals surface area contributed by atoms with Crippen LogP contribution in [0, 0.1) is 5.92 Å². The van der Waals surface area contributed by atoms with Gasteiger partial charge in [0.25, 0.3) is 0 Å². The van der Waals surface area contributed by atoms with Crippen LogP contribution < -0.4 is 0 Å². The summed E-state index contributed by atoms with van der Waals surface area (Å²) in [6.45, 7) is 6.22. The molecule has 0 bridgehead atoms. The summed E-state index contributed by atoms with van der Waals surface area (Å²) in [6.07, 6.45) is 3.07. The minimum atomic E-state index is 0.274. The van der Waals surface area contributed by atoms with Gasteiger partial charge in [0.1, 0.15) is 6.29 Å². The van der Waals surface area contributed by atoms with E-state index in [-0.39, 0.29) is 5.92 Å². The second-order valence-electron chi connectivity index (χ2n) is 4.53. The molecule has 0 saturated carbocycles. The predicted octanol–water partition coefficient (Wildman–Crippen LogP) is 0.577. The summed E-state index contributed by atoms with van der Waals surface area (Å²) >= 11 is 0. The van der Waals surface area contributed by atoms with Gasteiger partial charge in [0, 0.05) is 19.6 Å². The summed E-state index contributed by atoms with van der Waals surface area (Å²) in [6, 6.07) is 0. The zero-order valence-electron chi connectivity index (χ0n) is 11.3. The number of aldehydes is 1. The number of methoxy groups -OCH3 is 1. The smallest absolute Gasteiger partial charge is 0.123 e. The lowest BCUT2D eigenvalue weighted by Gasteiger charge is -2.29. The van der Waals surface area contributed by atoms with Gasteiger partial charge in [0.15, 0.2) is 0 Å². The summed E-state index contributed by atoms with van der Waals surface area (Å²) in [5.41, 5.74) is 0. The Morgan fingerprint density at radius 3 is 2.28 bits per heavy atom. The van der Waals surface area contributed by atoms with Crippen LogP contribution in [0.25, 0.3) is 0 Å². The predicted molar refractivity (Wildman–Crippen MR) is 68.7 cm³/mol. The van der Waals surface area contributed by atoms with Gasteiger partial charge in [0.2, 0.25) is 0 Å². The first kappa shape index (κ1) is 15.6. The van der Waals surface area contributed by atoms with Crippen LogP contribution >= 0.6 is 0 Å². The van der Waals surface area contributed by atoms with Gasteiger partial charge < -0.3 is 23.9 Å². The molecule has 1 rings (SSSR count). The van der Waals surface area contributed by atoms with Gasteiger partial charge in [-0.3, -0.25) is 0 Å². The quantitative estimate of drug-likeness (QED) is 0.424. The minimum Gasteiger partial charge on any atom is -0.382 e. The molecule has 1 heterocycles. The lowest BCUT2D eigenvalue weighted by Crippen LogP contribution is -2.36. The zero-order valence-corrected chi connectivity index (χ0v) is 11.3. The maximum atomic E-state index is 10.6. The van der Waals surface area contributed by atoms with Crippen molar-refractivity contribution >= 4 is 6.29 Å². The molecule has 0 N–H and O–H groups in total. The van der Waals surface area contributed by atoms with Crippen molar-refractivity contribution in [1.29, 1.82) is 0 Å². The van der Waals surface area contributed by atoms with E-state index in [1.165, 1.54) is 0 Å². The maximum absolute atomic E-state index is 10.6. The molecular formula is C13H25NO4. The van der Waals surface area contributed by atoms with Crippen molar-refractivity contribution in [2.45, 2.75) is 12.8 Å². The van der Waals surface area contributed by atoms with E-state index in [1.54, 1.807) is 7.11 Å². The molecule has 106 valence electrons. The molecule has 1 aliphatic heterocycles. The van der Waals surface area contributed by atoms with E-state index in [2.05, 4.69) is 4.90 Å². The maximum Gasteiger partial charge on any atom is 0.123 e. The number of piperidine rings is 1. The summed E-state index contributed by atoms with van der Waals surface area (Å²) in [5.74, 6) is 0.274. The molecular weight excluding hydrogens is 234 g/mol. The molecule has 0 unspecified atom stereocenters. The third-order valence-electron chi connectivity index (χ3n) is 3.18. The van der Waals surface area contributed by atoms with Crippen molar-refractivity contribution in [1.82, 2.24) is 4.90 Å². The molecule has 5 nitrogen and oxygen atoms in total. The van der Waals surface area contributed by atoms with Crippen LogP contribution in [-0.4, -0.2) is 71.0 Å². The Kier molecular flexibility index (Phi) is 9.02. The van der Waals surface area contributed by atoms with E-state index in [0.717, 1.165) is 45.4 Å². The van der Waals surface area contributed by atoms with Gasteiger partial charge in [-0.2, -0.15) is 0 Å². The van der Waals surface area contributed by atoms with Crippen LogP contribution in [0.5, 0.6) is 0 Å². The molecule has 5 heteroatoms. The molecule has 0 aromatic rings. The second-order valence-corrected chi connectivity index (χ2v) is 4.53. The molecule has 0 amide bonds. The fourth-order valence-electron chi connectivity index (χ4n) is 1.97. The molecule has 1 fully saturated rings. The summed E-state index contributed by atoms with van der Waals surface area (Å²) in [4.78, 5) is 13.0. The minimum absolute atomic E-state index is 0.274. The van der Waals surface area contributed by atoms with Crippen molar-refractivity contribution in [3.05, 3.63) is 0 Å². The number of hydrogen-bond acceptors (Lipinski definition) is 5. The number of hydrogen-bond donors (Lipinski definition) is 0. The van der Waals surface area contributed by atoms with Gasteiger partial charge >= 0.3 is 0 Å². The Morgan fingerprint density at radius 2 is 1.67 bits per heavy atom. The van der Waals surface area contributed by atoms with E-state index in [4.69, 9.17) is 14.2 Å². The van der Waals surface area contributed by atoms with Crippen LogP contribution in [0.3, 0.4) is 0 Å². The van der Waals surface area contributed by atoms with E-state index in [1.807, 2.05) is 0 Å². The van der Waals surface area contributed by atoms with Crippen molar-refractivity contribution < 1.29 is 19.0 Å². The van der Waals surface area contributed by atoms with E-state index in [9.17, 15) is 4.79 Å². The first-order chi connectivity index (χ1) is 8.86. The highest BCUT2D eigenvalue weighted by molar-refractivity contribution is 5.53. The first-order valence-corrected chi connectivity index (χ1v) is 6.69. The lowest BCUT2D eigenvalue weighted by molar-refractivity contribution is -0.112. The van der Waals surface area contributed by atoms with Crippen LogP contribution in [-0.2, 0) is 19.0 Å². The van der Waals surface area contributed by atoms with Crippen molar-refractivity contribution in [3.8, 4) is 0 Å². The zero-order chi connectivity index (χ0) is 13.1. The standard InChI is InChI=1S/C13H25NO4/c1-16-8-9-18-11-10-17-7-6-14-4-2-13(12-15)3-5-14/h12-13H,2-11H2,1H3. The number of carbonyl (C=O) groups excluding carboxylic acids is 1. The highest BCUT2D eigenvalue weighted by Gasteiger charge is 2.17. The molecule has 0 aliphatic carbocycles. The summed E-state index contributed by atoms with van der Waals surface area (Å²) in [7, 11) is 1.66. The van der Waals surface area contributed by atoms with Crippen LogP contribution in [0.1, 0.15) is 12.8 Å². The molecule has 18 heavy (non-hydrogen) atoms. The molecule has 0 aromatic carbocycles. The Labute approximate surface area is 109 Å². The average molecular weight is 259 g/mol. The summed E-state index contributed by atoms with van der Waals surface area (Å²) in [5, 5.41) is 0. The van der Waals surface area contributed by atoms with E-state index < -0.39 is 0 Å². The van der Waals surface area contributed by atoms with Crippen LogP contribution in [0.4, 0.5) is 0 Å². The Hall–Kier alpha value is -0.490. The molecule has 0 aromatic heterocycles. The third-order valence-corrected chi connectivity index (χ3v) is 3.18. The van der Waals surface area contributed by atoms with Gasteiger partial charge in [0.05, 0.1) is 33.0 Å². The normalized spacial score (nSPS) is 18.1. The topological polar surface area (TPSA) is 48.0 Å². The van der Waals surface area contributed by atoms with Gasteiger partial charge in [-0.1, -0.05) is 0 Å².